The van der Waals surface area contributed by atoms with Crippen LogP contribution in [0.2, 0.25) is 0 Å². The molecular weight excluding hydrogens is 324 g/mol. The Hall–Kier alpha value is -2.83. The van der Waals surface area contributed by atoms with Crippen LogP contribution in [0.1, 0.15) is 18.4 Å². The first-order valence-corrected chi connectivity index (χ1v) is 7.95. The molecule has 0 aromatic carbocycles. The molecule has 0 bridgehead atoms. The van der Waals surface area contributed by atoms with Crippen molar-refractivity contribution in [3.8, 4) is 0 Å². The van der Waals surface area contributed by atoms with Gasteiger partial charge in [-0.15, -0.1) is 0 Å². The number of fused-ring (bicyclic) bond motifs is 1. The number of carbonyl (C=O) groups is 1. The molecule has 0 fully saturated rings. The Balaban J connectivity index is 1.75. The quantitative estimate of drug-likeness (QED) is 0.848. The lowest BCUT2D eigenvalue weighted by atomic mass is 9.96. The smallest absolute Gasteiger partial charge is 0.230 e. The Morgan fingerprint density at radius 3 is 2.72 bits per heavy atom. The number of hydrogen-bond acceptors (Lipinski definition) is 6. The molecule has 0 saturated heterocycles. The van der Waals surface area contributed by atoms with E-state index in [1.165, 1.54) is 6.26 Å². The van der Waals surface area contributed by atoms with Crippen molar-refractivity contribution >= 4 is 17.4 Å². The van der Waals surface area contributed by atoms with Crippen molar-refractivity contribution in [2.24, 2.45) is 0 Å². The minimum Gasteiger partial charge on any atom is -0.465 e. The van der Waals surface area contributed by atoms with Crippen molar-refractivity contribution in [1.29, 1.82) is 0 Å². The van der Waals surface area contributed by atoms with Gasteiger partial charge in [-0.05, 0) is 43.3 Å². The van der Waals surface area contributed by atoms with Crippen LogP contribution in [-0.2, 0) is 19.0 Å². The van der Waals surface area contributed by atoms with E-state index in [9.17, 15) is 4.79 Å². The first-order chi connectivity index (χ1) is 12.3. The molecule has 0 unspecified atom stereocenters. The number of allylic oxidation sites excluding steroid dienone is 1. The Kier molecular flexibility index (Phi) is 4.13. The van der Waals surface area contributed by atoms with E-state index in [1.807, 2.05) is 6.07 Å². The third-order valence-corrected chi connectivity index (χ3v) is 3.83. The van der Waals surface area contributed by atoms with Crippen molar-refractivity contribution in [2.75, 3.05) is 6.61 Å². The van der Waals surface area contributed by atoms with E-state index in [4.69, 9.17) is 23.0 Å². The number of furan rings is 2. The SMILES string of the molecule is CCO[C@@H]1O[C@H]2O/C(=C/c3ccco3)C=CC2=C(c2ccco2)C1=O. The highest BCUT2D eigenvalue weighted by Crippen LogP contribution is 2.36. The molecular formula is C19H16O6. The van der Waals surface area contributed by atoms with Gasteiger partial charge in [-0.2, -0.15) is 0 Å². The zero-order valence-corrected chi connectivity index (χ0v) is 13.5. The Labute approximate surface area is 144 Å². The maximum atomic E-state index is 12.7. The van der Waals surface area contributed by atoms with E-state index in [1.54, 1.807) is 49.6 Å². The fourth-order valence-electron chi connectivity index (χ4n) is 2.76. The van der Waals surface area contributed by atoms with Gasteiger partial charge in [0.15, 0.2) is 0 Å². The van der Waals surface area contributed by atoms with Gasteiger partial charge in [0.25, 0.3) is 0 Å². The summed E-state index contributed by atoms with van der Waals surface area (Å²) in [6.07, 6.45) is 6.60. The normalized spacial score (nSPS) is 24.5. The zero-order chi connectivity index (χ0) is 17.2. The van der Waals surface area contributed by atoms with Crippen LogP contribution in [0.3, 0.4) is 0 Å². The largest absolute Gasteiger partial charge is 0.465 e. The first-order valence-electron chi connectivity index (χ1n) is 7.95. The van der Waals surface area contributed by atoms with Gasteiger partial charge >= 0.3 is 0 Å². The lowest BCUT2D eigenvalue weighted by molar-refractivity contribution is -0.216. The van der Waals surface area contributed by atoms with Crippen LogP contribution in [0.25, 0.3) is 11.6 Å². The maximum absolute atomic E-state index is 12.7. The Morgan fingerprint density at radius 1 is 1.16 bits per heavy atom. The van der Waals surface area contributed by atoms with Crippen molar-refractivity contribution in [1.82, 2.24) is 0 Å². The van der Waals surface area contributed by atoms with Gasteiger partial charge in [0, 0.05) is 18.3 Å². The third kappa shape index (κ3) is 2.97. The molecule has 25 heavy (non-hydrogen) atoms. The third-order valence-electron chi connectivity index (χ3n) is 3.83. The molecule has 4 heterocycles. The Bertz CT molecular complexity index is 839. The average molecular weight is 340 g/mol. The number of Topliss-reactive ketones (excluding diaryl/α,β-unsaturated/α-hetero) is 1. The van der Waals surface area contributed by atoms with Crippen LogP contribution in [-0.4, -0.2) is 25.0 Å². The van der Waals surface area contributed by atoms with E-state index < -0.39 is 12.6 Å². The second kappa shape index (κ2) is 6.58. The zero-order valence-electron chi connectivity index (χ0n) is 13.5. The predicted octanol–water partition coefficient (Wildman–Crippen LogP) is 3.54. The summed E-state index contributed by atoms with van der Waals surface area (Å²) < 4.78 is 27.7. The molecule has 0 aliphatic carbocycles. The molecule has 4 rings (SSSR count). The molecule has 128 valence electrons. The van der Waals surface area contributed by atoms with Crippen molar-refractivity contribution in [3.05, 3.63) is 71.8 Å². The standard InChI is InChI=1S/C19H16O6/c1-2-21-19-17(20)16(15-6-4-10-23-15)14-8-7-13(24-18(14)25-19)11-12-5-3-9-22-12/h3-11,18-19H,2H2,1H3/b13-11+/t18-,19-/m1/s1. The van der Waals surface area contributed by atoms with Gasteiger partial charge in [-0.25, -0.2) is 0 Å². The lowest BCUT2D eigenvalue weighted by Crippen LogP contribution is -2.40. The van der Waals surface area contributed by atoms with Crippen molar-refractivity contribution < 1.29 is 27.8 Å². The van der Waals surface area contributed by atoms with Gasteiger partial charge in [0.05, 0.1) is 18.1 Å². The van der Waals surface area contributed by atoms with E-state index >= 15 is 0 Å². The molecule has 0 saturated carbocycles. The predicted molar refractivity (Wildman–Crippen MR) is 87.8 cm³/mol. The van der Waals surface area contributed by atoms with Crippen LogP contribution in [0.15, 0.2) is 69.1 Å². The summed E-state index contributed by atoms with van der Waals surface area (Å²) in [5.41, 5.74) is 1.01. The van der Waals surface area contributed by atoms with E-state index in [2.05, 4.69) is 0 Å². The molecule has 2 aliphatic rings. The summed E-state index contributed by atoms with van der Waals surface area (Å²) in [7, 11) is 0. The Morgan fingerprint density at radius 2 is 2.00 bits per heavy atom. The highest BCUT2D eigenvalue weighted by atomic mass is 16.8. The average Bonchev–Trinajstić information content (AvgIpc) is 3.30. The van der Waals surface area contributed by atoms with Gasteiger partial charge < -0.3 is 23.0 Å². The second-order valence-corrected chi connectivity index (χ2v) is 5.44. The fourth-order valence-corrected chi connectivity index (χ4v) is 2.76. The van der Waals surface area contributed by atoms with Gasteiger partial charge in [0.1, 0.15) is 17.3 Å². The minimum absolute atomic E-state index is 0.283. The molecule has 0 spiro atoms. The van der Waals surface area contributed by atoms with Gasteiger partial charge in [-0.3, -0.25) is 4.79 Å². The number of carbonyl (C=O) groups excluding carboxylic acids is 1. The monoisotopic (exact) mass is 340 g/mol. The highest BCUT2D eigenvalue weighted by Gasteiger charge is 2.40. The second-order valence-electron chi connectivity index (χ2n) is 5.44. The topological polar surface area (TPSA) is 71.0 Å². The summed E-state index contributed by atoms with van der Waals surface area (Å²) in [6.45, 7) is 2.14. The highest BCUT2D eigenvalue weighted by molar-refractivity contribution is 6.23. The number of hydrogen-bond donors (Lipinski definition) is 0. The van der Waals surface area contributed by atoms with Crippen molar-refractivity contribution in [2.45, 2.75) is 19.5 Å². The van der Waals surface area contributed by atoms with Gasteiger partial charge in [0.2, 0.25) is 18.4 Å². The van der Waals surface area contributed by atoms with Crippen LogP contribution >= 0.6 is 0 Å². The van der Waals surface area contributed by atoms with Crippen molar-refractivity contribution in [3.63, 3.8) is 0 Å². The molecule has 0 amide bonds. The maximum Gasteiger partial charge on any atom is 0.230 e. The summed E-state index contributed by atoms with van der Waals surface area (Å²) >= 11 is 0. The summed E-state index contributed by atoms with van der Waals surface area (Å²) in [5, 5.41) is 0. The molecule has 6 nitrogen and oxygen atoms in total. The van der Waals surface area contributed by atoms with E-state index in [-0.39, 0.29) is 5.78 Å². The molecule has 6 heteroatoms. The fraction of sp³-hybridized carbons (Fsp3) is 0.211. The van der Waals surface area contributed by atoms with Crippen LogP contribution < -0.4 is 0 Å². The van der Waals surface area contributed by atoms with E-state index in [0.717, 1.165) is 0 Å². The molecule has 2 aromatic rings. The summed E-state index contributed by atoms with van der Waals surface area (Å²) in [5.74, 6) is 1.40. The van der Waals surface area contributed by atoms with Crippen LogP contribution in [0.4, 0.5) is 0 Å². The summed E-state index contributed by atoms with van der Waals surface area (Å²) in [4.78, 5) is 12.7. The molecule has 0 N–H and O–H groups in total. The number of ether oxygens (including phenoxy) is 3. The number of ketones is 1. The summed E-state index contributed by atoms with van der Waals surface area (Å²) in [6, 6.07) is 7.07. The van der Waals surface area contributed by atoms with Crippen LogP contribution in [0, 0.1) is 0 Å². The first kappa shape index (κ1) is 15.7. The molecule has 2 aromatic heterocycles. The molecule has 0 radical (unpaired) electrons. The van der Waals surface area contributed by atoms with E-state index in [0.29, 0.717) is 35.0 Å². The molecule has 2 atom stereocenters. The minimum atomic E-state index is -1.03. The van der Waals surface area contributed by atoms with Gasteiger partial charge in [-0.1, -0.05) is 0 Å². The number of rotatable bonds is 4. The van der Waals surface area contributed by atoms with Crippen LogP contribution in [0.5, 0.6) is 0 Å². The molecule has 2 aliphatic heterocycles. The lowest BCUT2D eigenvalue weighted by Gasteiger charge is -2.33.